The van der Waals surface area contributed by atoms with Crippen LogP contribution in [-0.2, 0) is 0 Å². The Morgan fingerprint density at radius 2 is 2.00 bits per heavy atom. The topological polar surface area (TPSA) is 68.4 Å². The largest absolute Gasteiger partial charge is 0.508 e. The molecule has 26 heavy (non-hydrogen) atoms. The maximum atomic E-state index is 13.1. The molecule has 1 saturated heterocycles. The van der Waals surface area contributed by atoms with Crippen molar-refractivity contribution in [1.29, 1.82) is 0 Å². The average Bonchev–Trinajstić information content (AvgIpc) is 3.00. The van der Waals surface area contributed by atoms with E-state index < -0.39 is 0 Å². The summed E-state index contributed by atoms with van der Waals surface area (Å²) in [5, 5.41) is 14.3. The quantitative estimate of drug-likeness (QED) is 0.646. The molecule has 0 spiro atoms. The minimum atomic E-state index is -0.0546. The summed E-state index contributed by atoms with van der Waals surface area (Å²) in [6, 6.07) is 12.8. The summed E-state index contributed by atoms with van der Waals surface area (Å²) in [7, 11) is 0. The molecule has 0 bridgehead atoms. The van der Waals surface area contributed by atoms with Gasteiger partial charge >= 0.3 is 0 Å². The molecule has 134 valence electrons. The number of amides is 1. The molecule has 5 nitrogen and oxygen atoms in total. The Bertz CT molecular complexity index is 965. The van der Waals surface area contributed by atoms with Crippen molar-refractivity contribution < 1.29 is 9.90 Å². The van der Waals surface area contributed by atoms with E-state index in [0.717, 1.165) is 22.2 Å². The molecule has 0 radical (unpaired) electrons. The minimum absolute atomic E-state index is 0.0327. The zero-order chi connectivity index (χ0) is 18.3. The number of fused-ring (bicyclic) bond motifs is 1. The number of nitrogens with one attached hydrogen (secondary N) is 2. The molecule has 1 atom stereocenters. The van der Waals surface area contributed by atoms with E-state index in [1.54, 1.807) is 12.1 Å². The molecule has 1 fully saturated rings. The van der Waals surface area contributed by atoms with Crippen LogP contribution in [0.1, 0.15) is 27.7 Å². The molecular formula is C20H20ClN3O2. The summed E-state index contributed by atoms with van der Waals surface area (Å²) in [5.74, 6) is 0.181. The molecule has 2 aromatic carbocycles. The maximum absolute atomic E-state index is 13.1. The van der Waals surface area contributed by atoms with E-state index in [9.17, 15) is 9.90 Å². The number of aromatic hydroxyl groups is 1. The Balaban J connectivity index is 1.59. The molecule has 3 aromatic rings. The van der Waals surface area contributed by atoms with Gasteiger partial charge in [-0.1, -0.05) is 23.7 Å². The number of aromatic nitrogens is 1. The Hall–Kier alpha value is -2.50. The number of H-pyrrole nitrogens is 1. The lowest BCUT2D eigenvalue weighted by Crippen LogP contribution is -2.48. The first-order chi connectivity index (χ1) is 12.5. The molecule has 6 heteroatoms. The predicted octanol–water partition coefficient (Wildman–Crippen LogP) is 3.62. The van der Waals surface area contributed by atoms with Gasteiger partial charge in [0.15, 0.2) is 0 Å². The number of aryl methyl sites for hydroxylation is 1. The Kier molecular flexibility index (Phi) is 4.34. The first-order valence-corrected chi connectivity index (χ1v) is 8.99. The maximum Gasteiger partial charge on any atom is 0.255 e. The molecule has 2 heterocycles. The normalized spacial score (nSPS) is 17.6. The number of hydrogen-bond acceptors (Lipinski definition) is 3. The number of aromatic amines is 1. The molecule has 3 N–H and O–H groups in total. The van der Waals surface area contributed by atoms with Crippen molar-refractivity contribution in [3.63, 3.8) is 0 Å². The zero-order valence-electron chi connectivity index (χ0n) is 14.4. The van der Waals surface area contributed by atoms with E-state index in [0.29, 0.717) is 30.2 Å². The molecular weight excluding hydrogens is 350 g/mol. The summed E-state index contributed by atoms with van der Waals surface area (Å²) in [5.41, 5.74) is 3.55. The van der Waals surface area contributed by atoms with E-state index in [-0.39, 0.29) is 17.7 Å². The second-order valence-corrected chi connectivity index (χ2v) is 7.13. The van der Waals surface area contributed by atoms with Gasteiger partial charge in [-0.25, -0.2) is 0 Å². The van der Waals surface area contributed by atoms with Gasteiger partial charge in [0, 0.05) is 42.3 Å². The average molecular weight is 370 g/mol. The van der Waals surface area contributed by atoms with Crippen molar-refractivity contribution in [3.05, 3.63) is 64.3 Å². The third-order valence-corrected chi connectivity index (χ3v) is 5.14. The van der Waals surface area contributed by atoms with Crippen molar-refractivity contribution in [2.24, 2.45) is 0 Å². The van der Waals surface area contributed by atoms with Gasteiger partial charge in [-0.3, -0.25) is 4.79 Å². The van der Waals surface area contributed by atoms with Crippen LogP contribution in [0.25, 0.3) is 10.9 Å². The highest BCUT2D eigenvalue weighted by Crippen LogP contribution is 2.27. The number of piperazine rings is 1. The molecule has 1 aromatic heterocycles. The summed E-state index contributed by atoms with van der Waals surface area (Å²) >= 11 is 6.39. The van der Waals surface area contributed by atoms with Crippen LogP contribution in [0.4, 0.5) is 0 Å². The Morgan fingerprint density at radius 3 is 2.77 bits per heavy atom. The smallest absolute Gasteiger partial charge is 0.255 e. The number of halogens is 1. The second kappa shape index (κ2) is 6.67. The van der Waals surface area contributed by atoms with Crippen molar-refractivity contribution in [3.8, 4) is 5.75 Å². The van der Waals surface area contributed by atoms with E-state index in [4.69, 9.17) is 11.6 Å². The van der Waals surface area contributed by atoms with Gasteiger partial charge < -0.3 is 20.3 Å². The number of hydrogen-bond donors (Lipinski definition) is 3. The van der Waals surface area contributed by atoms with Gasteiger partial charge in [-0.2, -0.15) is 0 Å². The SMILES string of the molecule is Cc1cc2cc(C(=O)N3CCNC(c4ccc(O)cc4)C3)c(Cl)cc2[nH]1. The highest BCUT2D eigenvalue weighted by molar-refractivity contribution is 6.34. The number of phenols is 1. The number of phenolic OH excluding ortho intramolecular Hbond substituents is 1. The number of nitrogens with zero attached hydrogens (tertiary/aromatic N) is 1. The van der Waals surface area contributed by atoms with Gasteiger partial charge in [-0.15, -0.1) is 0 Å². The van der Waals surface area contributed by atoms with Crippen LogP contribution in [0.2, 0.25) is 5.02 Å². The molecule has 1 unspecified atom stereocenters. The molecule has 0 aliphatic carbocycles. The highest BCUT2D eigenvalue weighted by atomic mass is 35.5. The summed E-state index contributed by atoms with van der Waals surface area (Å²) < 4.78 is 0. The van der Waals surface area contributed by atoms with Crippen molar-refractivity contribution in [2.75, 3.05) is 19.6 Å². The first kappa shape index (κ1) is 16.9. The summed E-state index contributed by atoms with van der Waals surface area (Å²) in [6.45, 7) is 3.88. The van der Waals surface area contributed by atoms with E-state index in [1.165, 1.54) is 0 Å². The monoisotopic (exact) mass is 369 g/mol. The fourth-order valence-corrected chi connectivity index (χ4v) is 3.74. The van der Waals surface area contributed by atoms with Gasteiger partial charge in [-0.05, 0) is 42.8 Å². The van der Waals surface area contributed by atoms with Crippen molar-refractivity contribution in [1.82, 2.24) is 15.2 Å². The standard InChI is InChI=1S/C20H20ClN3O2/c1-12-8-14-9-16(17(21)10-18(14)23-12)20(26)24-7-6-22-19(11-24)13-2-4-15(25)5-3-13/h2-5,8-10,19,22-23,25H,6-7,11H2,1H3. The van der Waals surface area contributed by atoms with Crippen molar-refractivity contribution >= 4 is 28.4 Å². The number of carbonyl (C=O) groups excluding carboxylic acids is 1. The number of rotatable bonds is 2. The van der Waals surface area contributed by atoms with E-state index in [1.807, 2.05) is 42.2 Å². The Morgan fingerprint density at radius 1 is 1.23 bits per heavy atom. The predicted molar refractivity (Wildman–Crippen MR) is 103 cm³/mol. The molecule has 1 amide bonds. The van der Waals surface area contributed by atoms with E-state index >= 15 is 0 Å². The number of carbonyl (C=O) groups is 1. The fraction of sp³-hybridized carbons (Fsp3) is 0.250. The molecule has 0 saturated carbocycles. The van der Waals surface area contributed by atoms with Gasteiger partial charge in [0.05, 0.1) is 10.6 Å². The van der Waals surface area contributed by atoms with Crippen LogP contribution in [0.5, 0.6) is 5.75 Å². The molecule has 1 aliphatic heterocycles. The Labute approximate surface area is 156 Å². The molecule has 1 aliphatic rings. The van der Waals surface area contributed by atoms with E-state index in [2.05, 4.69) is 10.3 Å². The van der Waals surface area contributed by atoms with Gasteiger partial charge in [0.25, 0.3) is 5.91 Å². The lowest BCUT2D eigenvalue weighted by molar-refractivity contribution is 0.0703. The van der Waals surface area contributed by atoms with Crippen LogP contribution in [0, 0.1) is 6.92 Å². The zero-order valence-corrected chi connectivity index (χ0v) is 15.2. The van der Waals surface area contributed by atoms with Crippen molar-refractivity contribution in [2.45, 2.75) is 13.0 Å². The lowest BCUT2D eigenvalue weighted by atomic mass is 10.0. The summed E-state index contributed by atoms with van der Waals surface area (Å²) in [6.07, 6.45) is 0. The number of benzene rings is 2. The third-order valence-electron chi connectivity index (χ3n) is 4.83. The highest BCUT2D eigenvalue weighted by Gasteiger charge is 2.26. The second-order valence-electron chi connectivity index (χ2n) is 6.72. The van der Waals surface area contributed by atoms with Gasteiger partial charge in [0.1, 0.15) is 5.75 Å². The fourth-order valence-electron chi connectivity index (χ4n) is 3.50. The van der Waals surface area contributed by atoms with Crippen LogP contribution in [0.3, 0.4) is 0 Å². The third kappa shape index (κ3) is 3.16. The first-order valence-electron chi connectivity index (χ1n) is 8.62. The van der Waals surface area contributed by atoms with Crippen LogP contribution in [0.15, 0.2) is 42.5 Å². The summed E-state index contributed by atoms with van der Waals surface area (Å²) in [4.78, 5) is 18.1. The van der Waals surface area contributed by atoms with Crippen LogP contribution < -0.4 is 5.32 Å². The van der Waals surface area contributed by atoms with Crippen LogP contribution >= 0.6 is 11.6 Å². The van der Waals surface area contributed by atoms with Gasteiger partial charge in [0.2, 0.25) is 0 Å². The molecule has 4 rings (SSSR count). The minimum Gasteiger partial charge on any atom is -0.508 e. The van der Waals surface area contributed by atoms with Crippen LogP contribution in [-0.4, -0.2) is 40.5 Å². The lowest BCUT2D eigenvalue weighted by Gasteiger charge is -2.34.